The van der Waals surface area contributed by atoms with Crippen LogP contribution in [0.3, 0.4) is 0 Å². The predicted molar refractivity (Wildman–Crippen MR) is 126 cm³/mol. The van der Waals surface area contributed by atoms with E-state index in [0.717, 1.165) is 56.2 Å². The van der Waals surface area contributed by atoms with Crippen LogP contribution in [0, 0.1) is 0 Å². The molecule has 32 heavy (non-hydrogen) atoms. The Labute approximate surface area is 189 Å². The molecule has 5 heterocycles. The first-order valence-electron chi connectivity index (χ1n) is 10.3. The van der Waals surface area contributed by atoms with Crippen molar-refractivity contribution in [1.29, 1.82) is 0 Å². The van der Waals surface area contributed by atoms with Crippen LogP contribution in [0.4, 0.5) is 5.69 Å². The average molecular weight is 465 g/mol. The minimum atomic E-state index is -1.12. The third-order valence-electron chi connectivity index (χ3n) is 6.04. The Morgan fingerprint density at radius 2 is 2.06 bits per heavy atom. The van der Waals surface area contributed by atoms with E-state index >= 15 is 0 Å². The van der Waals surface area contributed by atoms with Gasteiger partial charge in [0.2, 0.25) is 0 Å². The minimum absolute atomic E-state index is 0.188. The second-order valence-corrected chi connectivity index (χ2v) is 10.9. The van der Waals surface area contributed by atoms with Gasteiger partial charge in [0.05, 0.1) is 27.9 Å². The van der Waals surface area contributed by atoms with Crippen LogP contribution in [0.5, 0.6) is 0 Å². The quantitative estimate of drug-likeness (QED) is 0.434. The minimum Gasteiger partial charge on any atom is -0.396 e. The summed E-state index contributed by atoms with van der Waals surface area (Å²) in [5, 5.41) is 13.6. The molecule has 5 aromatic heterocycles. The number of thiophene rings is 1. The second-order valence-electron chi connectivity index (χ2n) is 8.01. The second kappa shape index (κ2) is 7.17. The number of aromatic nitrogens is 7. The summed E-state index contributed by atoms with van der Waals surface area (Å²) in [4.78, 5) is 10.2. The van der Waals surface area contributed by atoms with Crippen LogP contribution in [0.15, 0.2) is 34.8 Å². The zero-order valence-electron chi connectivity index (χ0n) is 17.5. The topological polar surface area (TPSA) is 117 Å². The van der Waals surface area contributed by atoms with Gasteiger partial charge in [-0.05, 0) is 31.0 Å². The van der Waals surface area contributed by atoms with Gasteiger partial charge in [-0.15, -0.1) is 16.4 Å². The van der Waals surface area contributed by atoms with Crippen molar-refractivity contribution in [3.63, 3.8) is 0 Å². The summed E-state index contributed by atoms with van der Waals surface area (Å²) in [5.74, 6) is 0. The Hall–Kier alpha value is -3.18. The van der Waals surface area contributed by atoms with Crippen molar-refractivity contribution < 1.29 is 4.21 Å². The van der Waals surface area contributed by atoms with Gasteiger partial charge in [0.15, 0.2) is 5.65 Å². The summed E-state index contributed by atoms with van der Waals surface area (Å²) in [5.41, 5.74) is 12.0. The van der Waals surface area contributed by atoms with Gasteiger partial charge in [0.25, 0.3) is 0 Å². The molecule has 0 aliphatic heterocycles. The highest BCUT2D eigenvalue weighted by atomic mass is 32.2. The third kappa shape index (κ3) is 2.88. The normalized spacial score (nSPS) is 15.4. The van der Waals surface area contributed by atoms with Crippen LogP contribution in [-0.2, 0) is 24.9 Å². The number of fused-ring (bicyclic) bond motifs is 2. The number of nitrogens with two attached hydrogens (primary N) is 1. The molecule has 0 amide bonds. The number of nitrogen functional groups attached to an aromatic ring is 1. The van der Waals surface area contributed by atoms with Crippen molar-refractivity contribution in [2.24, 2.45) is 14.1 Å². The lowest BCUT2D eigenvalue weighted by Crippen LogP contribution is -2.23. The van der Waals surface area contributed by atoms with Crippen molar-refractivity contribution in [2.45, 2.75) is 28.7 Å². The molecule has 0 bridgehead atoms. The molecule has 1 aliphatic carbocycles. The standard InChI is InChI=1S/C21H20N8OS2/c1-28-16(6-7-24-28)13-9-14(11-8-15-19(23-10-11)29(2)27-26-15)25-20-17(13)18(22)21(31-20)32(30)12-4-3-5-12/h6-10,12H,3-5,22H2,1-2H3. The molecule has 1 unspecified atom stereocenters. The van der Waals surface area contributed by atoms with E-state index in [2.05, 4.69) is 20.4 Å². The Kier molecular flexibility index (Phi) is 4.37. The average Bonchev–Trinajstić information content (AvgIpc) is 3.43. The van der Waals surface area contributed by atoms with E-state index in [1.54, 1.807) is 17.1 Å². The number of hydrogen-bond donors (Lipinski definition) is 1. The lowest BCUT2D eigenvalue weighted by molar-refractivity contribution is 0.505. The van der Waals surface area contributed by atoms with Crippen LogP contribution < -0.4 is 5.73 Å². The van der Waals surface area contributed by atoms with Gasteiger partial charge in [0, 0.05) is 48.3 Å². The van der Waals surface area contributed by atoms with Gasteiger partial charge < -0.3 is 5.73 Å². The molecule has 0 saturated heterocycles. The molecule has 1 saturated carbocycles. The highest BCUT2D eigenvalue weighted by molar-refractivity contribution is 7.88. The van der Waals surface area contributed by atoms with E-state index in [0.29, 0.717) is 16.9 Å². The molecule has 1 atom stereocenters. The first kappa shape index (κ1) is 19.5. The number of hydrogen-bond acceptors (Lipinski definition) is 8. The van der Waals surface area contributed by atoms with Crippen LogP contribution in [0.25, 0.3) is 43.9 Å². The molecule has 1 aliphatic rings. The van der Waals surface area contributed by atoms with Crippen molar-refractivity contribution in [3.8, 4) is 22.5 Å². The molecule has 162 valence electrons. The molecular weight excluding hydrogens is 444 g/mol. The Balaban J connectivity index is 1.59. The molecule has 1 fully saturated rings. The van der Waals surface area contributed by atoms with E-state index < -0.39 is 10.8 Å². The van der Waals surface area contributed by atoms with Crippen LogP contribution in [0.1, 0.15) is 19.3 Å². The van der Waals surface area contributed by atoms with Gasteiger partial charge in [-0.3, -0.25) is 8.89 Å². The number of aryl methyl sites for hydroxylation is 2. The van der Waals surface area contributed by atoms with Crippen molar-refractivity contribution >= 4 is 49.2 Å². The zero-order chi connectivity index (χ0) is 22.0. The van der Waals surface area contributed by atoms with E-state index in [9.17, 15) is 4.21 Å². The molecule has 9 nitrogen and oxygen atoms in total. The maximum atomic E-state index is 13.2. The summed E-state index contributed by atoms with van der Waals surface area (Å²) in [6.45, 7) is 0. The number of anilines is 1. The van der Waals surface area contributed by atoms with E-state index in [4.69, 9.17) is 10.7 Å². The zero-order valence-corrected chi connectivity index (χ0v) is 19.2. The summed E-state index contributed by atoms with van der Waals surface area (Å²) in [6.07, 6.45) is 6.62. The summed E-state index contributed by atoms with van der Waals surface area (Å²) in [6, 6.07) is 5.88. The fraction of sp³-hybridized carbons (Fsp3) is 0.286. The largest absolute Gasteiger partial charge is 0.396 e. The predicted octanol–water partition coefficient (Wildman–Crippen LogP) is 3.28. The highest BCUT2D eigenvalue weighted by Gasteiger charge is 2.30. The van der Waals surface area contributed by atoms with Gasteiger partial charge in [-0.25, -0.2) is 14.6 Å². The van der Waals surface area contributed by atoms with Crippen molar-refractivity contribution in [2.75, 3.05) is 5.73 Å². The van der Waals surface area contributed by atoms with Crippen molar-refractivity contribution in [1.82, 2.24) is 34.7 Å². The molecule has 2 N–H and O–H groups in total. The highest BCUT2D eigenvalue weighted by Crippen LogP contribution is 2.44. The van der Waals surface area contributed by atoms with Gasteiger partial charge >= 0.3 is 0 Å². The first-order valence-corrected chi connectivity index (χ1v) is 12.3. The summed E-state index contributed by atoms with van der Waals surface area (Å²) < 4.78 is 17.3. The van der Waals surface area contributed by atoms with Crippen LogP contribution >= 0.6 is 11.3 Å². The number of nitrogens with zero attached hydrogens (tertiary/aromatic N) is 7. The monoisotopic (exact) mass is 464 g/mol. The van der Waals surface area contributed by atoms with Crippen molar-refractivity contribution in [3.05, 3.63) is 30.6 Å². The molecule has 6 rings (SSSR count). The van der Waals surface area contributed by atoms with E-state index in [1.165, 1.54) is 11.3 Å². The molecular formula is C21H20N8OS2. The molecule has 0 aromatic carbocycles. The number of pyridine rings is 2. The summed E-state index contributed by atoms with van der Waals surface area (Å²) in [7, 11) is 2.59. The summed E-state index contributed by atoms with van der Waals surface area (Å²) >= 11 is 1.43. The maximum Gasteiger partial charge on any atom is 0.178 e. The van der Waals surface area contributed by atoms with E-state index in [1.807, 2.05) is 37.0 Å². The smallest absolute Gasteiger partial charge is 0.178 e. The number of rotatable bonds is 4. The first-order chi connectivity index (χ1) is 15.5. The van der Waals surface area contributed by atoms with E-state index in [-0.39, 0.29) is 5.25 Å². The van der Waals surface area contributed by atoms with Gasteiger partial charge in [-0.2, -0.15) is 5.10 Å². The Bertz CT molecular complexity index is 1530. The van der Waals surface area contributed by atoms with Crippen LogP contribution in [0.2, 0.25) is 0 Å². The molecule has 5 aromatic rings. The van der Waals surface area contributed by atoms with Gasteiger partial charge in [0.1, 0.15) is 14.6 Å². The molecule has 11 heteroatoms. The van der Waals surface area contributed by atoms with Gasteiger partial charge in [-0.1, -0.05) is 11.6 Å². The fourth-order valence-electron chi connectivity index (χ4n) is 4.04. The lowest BCUT2D eigenvalue weighted by Gasteiger charge is -2.23. The fourth-order valence-corrected chi connectivity index (χ4v) is 7.25. The third-order valence-corrected chi connectivity index (χ3v) is 9.33. The molecule has 0 spiro atoms. The Morgan fingerprint density at radius 3 is 2.78 bits per heavy atom. The Morgan fingerprint density at radius 1 is 1.22 bits per heavy atom. The van der Waals surface area contributed by atoms with Crippen LogP contribution in [-0.4, -0.2) is 44.2 Å². The maximum absolute atomic E-state index is 13.2. The SMILES string of the molecule is Cn1nccc1-c1cc(-c2cnc3c(c2)nnn3C)nc2sc(S(=O)C3CCC3)c(N)c12. The lowest BCUT2D eigenvalue weighted by atomic mass is 10.0. The molecule has 0 radical (unpaired) electrons.